The first-order chi connectivity index (χ1) is 8.91. The quantitative estimate of drug-likeness (QED) is 0.732. The molecule has 0 bridgehead atoms. The van der Waals surface area contributed by atoms with Crippen molar-refractivity contribution in [3.8, 4) is 0 Å². The van der Waals surface area contributed by atoms with Gasteiger partial charge >= 0.3 is 0 Å². The number of aryl methyl sites for hydroxylation is 2. The van der Waals surface area contributed by atoms with Gasteiger partial charge in [0.05, 0.1) is 5.56 Å². The zero-order valence-corrected chi connectivity index (χ0v) is 12.7. The van der Waals surface area contributed by atoms with Crippen molar-refractivity contribution >= 4 is 0 Å². The first-order valence-corrected chi connectivity index (χ1v) is 6.87. The van der Waals surface area contributed by atoms with Crippen LogP contribution in [0.15, 0.2) is 4.79 Å². The van der Waals surface area contributed by atoms with Crippen molar-refractivity contribution < 1.29 is 0 Å². The van der Waals surface area contributed by atoms with Crippen LogP contribution < -0.4 is 10.9 Å². The molecule has 0 saturated heterocycles. The molecule has 1 atom stereocenters. The second-order valence-corrected chi connectivity index (χ2v) is 5.34. The summed E-state index contributed by atoms with van der Waals surface area (Å²) in [5, 5.41) is 3.40. The predicted molar refractivity (Wildman–Crippen MR) is 78.5 cm³/mol. The highest BCUT2D eigenvalue weighted by atomic mass is 16.1. The molecule has 0 aliphatic carbocycles. The van der Waals surface area contributed by atoms with Crippen molar-refractivity contribution in [3.05, 3.63) is 27.4 Å². The molecule has 108 valence electrons. The van der Waals surface area contributed by atoms with Gasteiger partial charge in [0.25, 0.3) is 5.56 Å². The lowest BCUT2D eigenvalue weighted by atomic mass is 10.1. The van der Waals surface area contributed by atoms with Crippen LogP contribution in [0, 0.1) is 13.8 Å². The van der Waals surface area contributed by atoms with E-state index in [0.717, 1.165) is 37.2 Å². The number of hydrogen-bond acceptors (Lipinski definition) is 4. The maximum Gasteiger partial charge on any atom is 0.255 e. The van der Waals surface area contributed by atoms with E-state index in [1.807, 2.05) is 13.8 Å². The van der Waals surface area contributed by atoms with Gasteiger partial charge in [0.2, 0.25) is 0 Å². The molecule has 0 aromatic carbocycles. The molecule has 0 radical (unpaired) electrons. The standard InChI is InChI=1S/C14H26N4O/c1-10(15-8-6-7-9-18(4)5)13-11(2)16-12(3)17-14(13)19/h10,15H,6-9H2,1-5H3,(H,16,17,19). The fourth-order valence-electron chi connectivity index (χ4n) is 2.22. The van der Waals surface area contributed by atoms with Gasteiger partial charge in [-0.3, -0.25) is 4.79 Å². The van der Waals surface area contributed by atoms with Crippen LogP contribution in [-0.2, 0) is 0 Å². The molecular weight excluding hydrogens is 240 g/mol. The molecule has 0 amide bonds. The number of nitrogens with zero attached hydrogens (tertiary/aromatic N) is 2. The Morgan fingerprint density at radius 1 is 1.32 bits per heavy atom. The Hall–Kier alpha value is -1.20. The summed E-state index contributed by atoms with van der Waals surface area (Å²) < 4.78 is 0. The van der Waals surface area contributed by atoms with Crippen LogP contribution in [0.4, 0.5) is 0 Å². The summed E-state index contributed by atoms with van der Waals surface area (Å²) in [6, 6.07) is 0.0382. The highest BCUT2D eigenvalue weighted by molar-refractivity contribution is 5.19. The number of H-pyrrole nitrogens is 1. The number of nitrogens with one attached hydrogen (secondary N) is 2. The molecule has 1 heterocycles. The Balaban J connectivity index is 2.50. The average Bonchev–Trinajstić information content (AvgIpc) is 2.26. The van der Waals surface area contributed by atoms with Crippen LogP contribution in [0.3, 0.4) is 0 Å². The maximum atomic E-state index is 11.9. The zero-order chi connectivity index (χ0) is 14.4. The van der Waals surface area contributed by atoms with Crippen molar-refractivity contribution in [1.82, 2.24) is 20.2 Å². The predicted octanol–water partition coefficient (Wildman–Crippen LogP) is 1.38. The lowest BCUT2D eigenvalue weighted by molar-refractivity contribution is 0.389. The van der Waals surface area contributed by atoms with Crippen LogP contribution >= 0.6 is 0 Å². The van der Waals surface area contributed by atoms with Crippen molar-refractivity contribution in [1.29, 1.82) is 0 Å². The maximum absolute atomic E-state index is 11.9. The van der Waals surface area contributed by atoms with Gasteiger partial charge in [-0.2, -0.15) is 0 Å². The minimum atomic E-state index is -0.0294. The van der Waals surface area contributed by atoms with E-state index in [2.05, 4.69) is 34.3 Å². The van der Waals surface area contributed by atoms with Gasteiger partial charge in [-0.1, -0.05) is 0 Å². The third-order valence-electron chi connectivity index (χ3n) is 3.18. The number of aromatic nitrogens is 2. The van der Waals surface area contributed by atoms with Gasteiger partial charge in [0, 0.05) is 11.7 Å². The van der Waals surface area contributed by atoms with Crippen molar-refractivity contribution in [2.75, 3.05) is 27.2 Å². The topological polar surface area (TPSA) is 61.0 Å². The highest BCUT2D eigenvalue weighted by Crippen LogP contribution is 2.10. The molecule has 5 nitrogen and oxygen atoms in total. The summed E-state index contributed by atoms with van der Waals surface area (Å²) in [7, 11) is 4.16. The smallest absolute Gasteiger partial charge is 0.255 e. The minimum Gasteiger partial charge on any atom is -0.310 e. The second kappa shape index (κ2) is 7.40. The van der Waals surface area contributed by atoms with Crippen LogP contribution in [0.2, 0.25) is 0 Å². The molecule has 19 heavy (non-hydrogen) atoms. The SMILES string of the molecule is Cc1nc(C)c(C(C)NCCCCN(C)C)c(=O)[nH]1. The third-order valence-corrected chi connectivity index (χ3v) is 3.18. The fraction of sp³-hybridized carbons (Fsp3) is 0.714. The molecule has 0 fully saturated rings. The first-order valence-electron chi connectivity index (χ1n) is 6.87. The Labute approximate surface area is 115 Å². The van der Waals surface area contributed by atoms with Crippen LogP contribution in [0.5, 0.6) is 0 Å². The third kappa shape index (κ3) is 5.12. The number of aromatic amines is 1. The van der Waals surface area contributed by atoms with E-state index >= 15 is 0 Å². The van der Waals surface area contributed by atoms with Crippen molar-refractivity contribution in [2.45, 2.75) is 39.7 Å². The fourth-order valence-corrected chi connectivity index (χ4v) is 2.22. The summed E-state index contributed by atoms with van der Waals surface area (Å²) in [6.07, 6.45) is 2.27. The Morgan fingerprint density at radius 2 is 2.00 bits per heavy atom. The average molecular weight is 266 g/mol. The molecule has 0 aliphatic rings. The second-order valence-electron chi connectivity index (χ2n) is 5.34. The molecule has 1 unspecified atom stereocenters. The van der Waals surface area contributed by atoms with Gasteiger partial charge in [0.1, 0.15) is 5.82 Å². The Bertz CT molecular complexity index is 453. The molecule has 2 N–H and O–H groups in total. The summed E-state index contributed by atoms with van der Waals surface area (Å²) in [6.45, 7) is 7.73. The summed E-state index contributed by atoms with van der Waals surface area (Å²) in [5.41, 5.74) is 1.53. The van der Waals surface area contributed by atoms with Crippen molar-refractivity contribution in [2.24, 2.45) is 0 Å². The molecular formula is C14H26N4O. The first kappa shape index (κ1) is 15.9. The molecule has 1 aromatic heterocycles. The summed E-state index contributed by atoms with van der Waals surface area (Å²) in [4.78, 5) is 21.2. The van der Waals surface area contributed by atoms with Gasteiger partial charge in [-0.05, 0) is 60.8 Å². The lowest BCUT2D eigenvalue weighted by Gasteiger charge is -2.16. The van der Waals surface area contributed by atoms with Gasteiger partial charge in [-0.25, -0.2) is 4.98 Å². The normalized spacial score (nSPS) is 12.9. The Morgan fingerprint density at radius 3 is 2.58 bits per heavy atom. The summed E-state index contributed by atoms with van der Waals surface area (Å²) in [5.74, 6) is 0.671. The van der Waals surface area contributed by atoms with E-state index in [9.17, 15) is 4.79 Å². The van der Waals surface area contributed by atoms with Crippen LogP contribution in [0.1, 0.15) is 42.9 Å². The van der Waals surface area contributed by atoms with E-state index in [4.69, 9.17) is 0 Å². The van der Waals surface area contributed by atoms with Crippen molar-refractivity contribution in [3.63, 3.8) is 0 Å². The largest absolute Gasteiger partial charge is 0.310 e. The van der Waals surface area contributed by atoms with E-state index in [-0.39, 0.29) is 11.6 Å². The molecule has 0 spiro atoms. The van der Waals surface area contributed by atoms with E-state index in [1.54, 1.807) is 6.92 Å². The van der Waals surface area contributed by atoms with Crippen LogP contribution in [-0.4, -0.2) is 42.1 Å². The zero-order valence-electron chi connectivity index (χ0n) is 12.7. The molecule has 5 heteroatoms. The van der Waals surface area contributed by atoms with Gasteiger partial charge in [-0.15, -0.1) is 0 Å². The Kier molecular flexibility index (Phi) is 6.18. The number of hydrogen-bond donors (Lipinski definition) is 2. The van der Waals surface area contributed by atoms with Gasteiger partial charge < -0.3 is 15.2 Å². The molecule has 1 rings (SSSR count). The minimum absolute atomic E-state index is 0.0294. The van der Waals surface area contributed by atoms with E-state index < -0.39 is 0 Å². The molecule has 0 saturated carbocycles. The van der Waals surface area contributed by atoms with Gasteiger partial charge in [0.15, 0.2) is 0 Å². The monoisotopic (exact) mass is 266 g/mol. The molecule has 0 aliphatic heterocycles. The van der Waals surface area contributed by atoms with Crippen LogP contribution in [0.25, 0.3) is 0 Å². The lowest BCUT2D eigenvalue weighted by Crippen LogP contribution is -2.28. The number of unbranched alkanes of at least 4 members (excludes halogenated alkanes) is 1. The highest BCUT2D eigenvalue weighted by Gasteiger charge is 2.13. The van der Waals surface area contributed by atoms with E-state index in [0.29, 0.717) is 5.82 Å². The van der Waals surface area contributed by atoms with E-state index in [1.165, 1.54) is 0 Å². The molecule has 1 aromatic rings. The number of rotatable bonds is 7. The summed E-state index contributed by atoms with van der Waals surface area (Å²) >= 11 is 0.